The summed E-state index contributed by atoms with van der Waals surface area (Å²) in [7, 11) is 0. The van der Waals surface area contributed by atoms with Gasteiger partial charge in [0.25, 0.3) is 0 Å². The van der Waals surface area contributed by atoms with Crippen molar-refractivity contribution >= 4 is 23.7 Å². The van der Waals surface area contributed by atoms with Gasteiger partial charge in [0.15, 0.2) is 5.65 Å². The van der Waals surface area contributed by atoms with Gasteiger partial charge in [-0.05, 0) is 64.3 Å². The number of benzene rings is 1. The van der Waals surface area contributed by atoms with Gasteiger partial charge in [-0.15, -0.1) is 0 Å². The number of hydrogen-bond acceptors (Lipinski definition) is 5. The molecular weight excluding hydrogens is 466 g/mol. The lowest BCUT2D eigenvalue weighted by Gasteiger charge is -2.35. The third-order valence-corrected chi connectivity index (χ3v) is 6.60. The highest BCUT2D eigenvalue weighted by Crippen LogP contribution is 2.33. The number of carbonyl (C=O) groups is 2. The smallest absolute Gasteiger partial charge is 0.410 e. The summed E-state index contributed by atoms with van der Waals surface area (Å²) >= 11 is 0. The number of hydrogen-bond donors (Lipinski definition) is 0. The Hall–Kier alpha value is -3.68. The third-order valence-electron chi connectivity index (χ3n) is 6.60. The molecule has 1 unspecified atom stereocenters. The largest absolute Gasteiger partial charge is 0.444 e. The van der Waals surface area contributed by atoms with Gasteiger partial charge in [-0.3, -0.25) is 4.79 Å². The summed E-state index contributed by atoms with van der Waals surface area (Å²) in [4.78, 5) is 33.2. The van der Waals surface area contributed by atoms with Gasteiger partial charge in [-0.25, -0.2) is 14.3 Å². The SMILES string of the molecule is CCC(c1ccc(/C=C/C(=O)N2CCN(C(=O)OC(C)(C)C)CC2)cc1)c1c(C)nn2ccc(C)nc12. The van der Waals surface area contributed by atoms with Crippen LogP contribution in [0.2, 0.25) is 0 Å². The van der Waals surface area contributed by atoms with E-state index in [9.17, 15) is 9.59 Å². The molecule has 0 radical (unpaired) electrons. The van der Waals surface area contributed by atoms with Gasteiger partial charge in [-0.2, -0.15) is 5.10 Å². The molecule has 0 aliphatic carbocycles. The van der Waals surface area contributed by atoms with Gasteiger partial charge < -0.3 is 14.5 Å². The number of nitrogens with zero attached hydrogens (tertiary/aromatic N) is 5. The number of fused-ring (bicyclic) bond motifs is 1. The fraction of sp³-hybridized carbons (Fsp3) is 0.448. The molecule has 1 saturated heterocycles. The topological polar surface area (TPSA) is 80.0 Å². The van der Waals surface area contributed by atoms with Crippen molar-refractivity contribution in [2.75, 3.05) is 26.2 Å². The first-order valence-corrected chi connectivity index (χ1v) is 12.9. The average Bonchev–Trinajstić information content (AvgIpc) is 3.18. The Kier molecular flexibility index (Phi) is 7.66. The lowest BCUT2D eigenvalue weighted by Crippen LogP contribution is -2.51. The molecule has 0 bridgehead atoms. The Bertz CT molecular complexity index is 1300. The van der Waals surface area contributed by atoms with Crippen LogP contribution in [-0.4, -0.2) is 68.2 Å². The summed E-state index contributed by atoms with van der Waals surface area (Å²) in [5.41, 5.74) is 5.67. The predicted octanol–water partition coefficient (Wildman–Crippen LogP) is 4.98. The van der Waals surface area contributed by atoms with E-state index in [1.807, 2.05) is 69.6 Å². The summed E-state index contributed by atoms with van der Waals surface area (Å²) in [6, 6.07) is 10.3. The minimum Gasteiger partial charge on any atom is -0.444 e. The van der Waals surface area contributed by atoms with Gasteiger partial charge >= 0.3 is 6.09 Å². The molecule has 4 rings (SSSR count). The summed E-state index contributed by atoms with van der Waals surface area (Å²) in [5.74, 6) is 0.135. The highest BCUT2D eigenvalue weighted by molar-refractivity contribution is 5.92. The molecule has 196 valence electrons. The van der Waals surface area contributed by atoms with Crippen LogP contribution in [0, 0.1) is 13.8 Å². The van der Waals surface area contributed by atoms with Crippen LogP contribution in [-0.2, 0) is 9.53 Å². The monoisotopic (exact) mass is 503 g/mol. The van der Waals surface area contributed by atoms with Gasteiger partial charge in [0.05, 0.1) is 5.69 Å². The molecule has 2 aromatic heterocycles. The van der Waals surface area contributed by atoms with Crippen molar-refractivity contribution in [3.8, 4) is 0 Å². The zero-order chi connectivity index (χ0) is 26.7. The molecule has 0 saturated carbocycles. The highest BCUT2D eigenvalue weighted by atomic mass is 16.6. The van der Waals surface area contributed by atoms with E-state index in [2.05, 4.69) is 24.2 Å². The minimum atomic E-state index is -0.527. The van der Waals surface area contributed by atoms with Crippen LogP contribution in [0.15, 0.2) is 42.6 Å². The van der Waals surface area contributed by atoms with Crippen molar-refractivity contribution < 1.29 is 14.3 Å². The van der Waals surface area contributed by atoms with Crippen LogP contribution in [0.3, 0.4) is 0 Å². The fourth-order valence-electron chi connectivity index (χ4n) is 4.71. The minimum absolute atomic E-state index is 0.0530. The zero-order valence-electron chi connectivity index (χ0n) is 22.7. The second-order valence-corrected chi connectivity index (χ2v) is 10.6. The molecular formula is C29H37N5O3. The van der Waals surface area contributed by atoms with E-state index in [0.717, 1.165) is 34.6 Å². The molecule has 0 N–H and O–H groups in total. The van der Waals surface area contributed by atoms with E-state index in [4.69, 9.17) is 9.72 Å². The van der Waals surface area contributed by atoms with Crippen molar-refractivity contribution in [3.05, 3.63) is 70.7 Å². The second-order valence-electron chi connectivity index (χ2n) is 10.6. The number of piperazine rings is 1. The molecule has 37 heavy (non-hydrogen) atoms. The molecule has 2 amide bonds. The van der Waals surface area contributed by atoms with Crippen molar-refractivity contribution in [1.29, 1.82) is 0 Å². The molecule has 1 aliphatic heterocycles. The van der Waals surface area contributed by atoms with Crippen LogP contribution in [0.1, 0.15) is 68.1 Å². The standard InChI is InChI=1S/C29H37N5O3/c1-7-24(26-21(3)31-34-15-14-20(2)30-27(26)34)23-11-8-22(9-12-23)10-13-25(35)32-16-18-33(19-17-32)28(36)37-29(4,5)6/h8-15,24H,7,16-19H2,1-6H3/b13-10+. The van der Waals surface area contributed by atoms with Crippen molar-refractivity contribution in [2.24, 2.45) is 0 Å². The van der Waals surface area contributed by atoms with Gasteiger partial charge in [0.2, 0.25) is 5.91 Å². The van der Waals surface area contributed by atoms with Crippen LogP contribution in [0.25, 0.3) is 11.7 Å². The molecule has 0 spiro atoms. The Morgan fingerprint density at radius 2 is 1.68 bits per heavy atom. The molecule has 8 nitrogen and oxygen atoms in total. The summed E-state index contributed by atoms with van der Waals surface area (Å²) in [6.07, 6.45) is 6.02. The normalized spacial score (nSPS) is 15.4. The number of aromatic nitrogens is 3. The maximum atomic E-state index is 12.7. The third kappa shape index (κ3) is 6.18. The van der Waals surface area contributed by atoms with Gasteiger partial charge in [-0.1, -0.05) is 31.2 Å². The number of aryl methyl sites for hydroxylation is 2. The number of amides is 2. The van der Waals surface area contributed by atoms with Gasteiger partial charge in [0, 0.05) is 55.6 Å². The number of carbonyl (C=O) groups excluding carboxylic acids is 2. The molecule has 3 heterocycles. The first-order valence-electron chi connectivity index (χ1n) is 12.9. The maximum absolute atomic E-state index is 12.7. The summed E-state index contributed by atoms with van der Waals surface area (Å²) in [5, 5.41) is 4.66. The van der Waals surface area contributed by atoms with E-state index in [1.165, 1.54) is 5.56 Å². The number of ether oxygens (including phenoxy) is 1. The lowest BCUT2D eigenvalue weighted by atomic mass is 9.88. The molecule has 1 aliphatic rings. The molecule has 3 aromatic rings. The van der Waals surface area contributed by atoms with Gasteiger partial charge in [0.1, 0.15) is 5.60 Å². The second kappa shape index (κ2) is 10.7. The summed E-state index contributed by atoms with van der Waals surface area (Å²) in [6.45, 7) is 13.7. The Labute approximate surface area is 218 Å². The van der Waals surface area contributed by atoms with Crippen LogP contribution in [0.4, 0.5) is 4.79 Å². The number of rotatable bonds is 5. The Balaban J connectivity index is 1.40. The van der Waals surface area contributed by atoms with E-state index in [-0.39, 0.29) is 17.9 Å². The van der Waals surface area contributed by atoms with E-state index in [0.29, 0.717) is 26.2 Å². The first kappa shape index (κ1) is 26.4. The average molecular weight is 504 g/mol. The van der Waals surface area contributed by atoms with Crippen LogP contribution in [0.5, 0.6) is 0 Å². The van der Waals surface area contributed by atoms with Crippen LogP contribution < -0.4 is 0 Å². The summed E-state index contributed by atoms with van der Waals surface area (Å²) < 4.78 is 7.29. The zero-order valence-corrected chi connectivity index (χ0v) is 22.7. The quantitative estimate of drug-likeness (QED) is 0.459. The highest BCUT2D eigenvalue weighted by Gasteiger charge is 2.27. The van der Waals surface area contributed by atoms with E-state index < -0.39 is 5.60 Å². The van der Waals surface area contributed by atoms with Crippen molar-refractivity contribution in [1.82, 2.24) is 24.4 Å². The molecule has 1 aromatic carbocycles. The maximum Gasteiger partial charge on any atom is 0.410 e. The van der Waals surface area contributed by atoms with Crippen molar-refractivity contribution in [3.63, 3.8) is 0 Å². The Morgan fingerprint density at radius 1 is 1.03 bits per heavy atom. The molecule has 1 atom stereocenters. The fourth-order valence-corrected chi connectivity index (χ4v) is 4.71. The predicted molar refractivity (Wildman–Crippen MR) is 144 cm³/mol. The first-order chi connectivity index (χ1) is 17.6. The lowest BCUT2D eigenvalue weighted by molar-refractivity contribution is -0.127. The van der Waals surface area contributed by atoms with Crippen LogP contribution >= 0.6 is 0 Å². The van der Waals surface area contributed by atoms with E-state index >= 15 is 0 Å². The Morgan fingerprint density at radius 3 is 2.30 bits per heavy atom. The molecule has 1 fully saturated rings. The van der Waals surface area contributed by atoms with E-state index in [1.54, 1.807) is 15.9 Å². The molecule has 8 heteroatoms. The van der Waals surface area contributed by atoms with Crippen molar-refractivity contribution in [2.45, 2.75) is 59.5 Å².